The van der Waals surface area contributed by atoms with Gasteiger partial charge >= 0.3 is 12.3 Å². The Balaban J connectivity index is 1.50. The molecule has 11 heteroatoms. The number of amides is 2. The van der Waals surface area contributed by atoms with Gasteiger partial charge in [-0.3, -0.25) is 4.79 Å². The second kappa shape index (κ2) is 9.38. The summed E-state index contributed by atoms with van der Waals surface area (Å²) in [7, 11) is 0. The molecule has 1 N–H and O–H groups in total. The molecule has 0 aliphatic carbocycles. The molecule has 2 amide bonds. The van der Waals surface area contributed by atoms with Gasteiger partial charge in [-0.25, -0.2) is 9.48 Å². The molecule has 0 spiro atoms. The highest BCUT2D eigenvalue weighted by atomic mass is 35.5. The highest BCUT2D eigenvalue weighted by Crippen LogP contribution is 2.22. The van der Waals surface area contributed by atoms with Crippen molar-refractivity contribution in [3.8, 4) is 0 Å². The lowest BCUT2D eigenvalue weighted by atomic mass is 9.96. The topological polar surface area (TPSA) is 76.5 Å². The number of hydrogen-bond acceptors (Lipinski definition) is 4. The molecule has 2 aromatic rings. The lowest BCUT2D eigenvalue weighted by Gasteiger charge is -2.30. The van der Waals surface area contributed by atoms with Crippen LogP contribution in [0, 0.1) is 5.92 Å². The number of hydrogen-bond donors (Lipinski definition) is 1. The number of halogens is 4. The van der Waals surface area contributed by atoms with Crippen LogP contribution in [-0.2, 0) is 16.1 Å². The monoisotopic (exact) mass is 444 g/mol. The lowest BCUT2D eigenvalue weighted by Crippen LogP contribution is -2.42. The van der Waals surface area contributed by atoms with Gasteiger partial charge in [0.15, 0.2) is 6.61 Å². The molecule has 1 aliphatic rings. The number of likely N-dealkylation sites (tertiary alicyclic amines) is 1. The van der Waals surface area contributed by atoms with Gasteiger partial charge < -0.3 is 15.0 Å². The van der Waals surface area contributed by atoms with Crippen LogP contribution in [0.15, 0.2) is 36.5 Å². The van der Waals surface area contributed by atoms with Crippen molar-refractivity contribution in [3.05, 3.63) is 47.1 Å². The van der Waals surface area contributed by atoms with Crippen LogP contribution in [-0.4, -0.2) is 52.6 Å². The Kier molecular flexibility index (Phi) is 6.86. The third-order valence-corrected chi connectivity index (χ3v) is 4.95. The first-order valence-electron chi connectivity index (χ1n) is 9.27. The number of ether oxygens (including phenoxy) is 1. The zero-order valence-electron chi connectivity index (χ0n) is 15.9. The predicted octanol–water partition coefficient (Wildman–Crippen LogP) is 3.93. The zero-order valence-corrected chi connectivity index (χ0v) is 16.6. The molecule has 1 fully saturated rings. The van der Waals surface area contributed by atoms with Gasteiger partial charge in [-0.15, -0.1) is 0 Å². The largest absolute Gasteiger partial charge is 0.440 e. The first-order chi connectivity index (χ1) is 14.2. The molecule has 2 heterocycles. The second-order valence-corrected chi connectivity index (χ2v) is 7.36. The van der Waals surface area contributed by atoms with Crippen LogP contribution in [0.1, 0.15) is 18.4 Å². The number of rotatable bonds is 5. The van der Waals surface area contributed by atoms with E-state index in [1.165, 1.54) is 4.90 Å². The molecule has 1 aromatic heterocycles. The average molecular weight is 445 g/mol. The van der Waals surface area contributed by atoms with Crippen LogP contribution in [0.5, 0.6) is 0 Å². The average Bonchev–Trinajstić information content (AvgIpc) is 3.14. The Hall–Kier alpha value is -2.75. The van der Waals surface area contributed by atoms with Crippen LogP contribution in [0.3, 0.4) is 0 Å². The normalized spacial score (nSPS) is 15.1. The molecule has 3 rings (SSSR count). The van der Waals surface area contributed by atoms with Crippen LogP contribution in [0.4, 0.5) is 23.8 Å². The molecule has 30 heavy (non-hydrogen) atoms. The van der Waals surface area contributed by atoms with E-state index in [1.807, 2.05) is 12.1 Å². The van der Waals surface area contributed by atoms with E-state index in [0.29, 0.717) is 30.2 Å². The summed E-state index contributed by atoms with van der Waals surface area (Å²) >= 11 is 5.89. The van der Waals surface area contributed by atoms with E-state index in [2.05, 4.69) is 15.2 Å². The maximum absolute atomic E-state index is 12.6. The minimum Gasteiger partial charge on any atom is -0.440 e. The van der Waals surface area contributed by atoms with Gasteiger partial charge in [0.1, 0.15) is 5.82 Å². The molecular weight excluding hydrogens is 425 g/mol. The van der Waals surface area contributed by atoms with Crippen LogP contribution >= 0.6 is 11.6 Å². The van der Waals surface area contributed by atoms with Gasteiger partial charge in [0.2, 0.25) is 5.91 Å². The summed E-state index contributed by atoms with van der Waals surface area (Å²) in [5.41, 5.74) is 0.962. The van der Waals surface area contributed by atoms with Crippen molar-refractivity contribution in [2.75, 3.05) is 25.0 Å². The number of benzene rings is 1. The fraction of sp³-hybridized carbons (Fsp3) is 0.421. The molecule has 7 nitrogen and oxygen atoms in total. The van der Waals surface area contributed by atoms with Crippen molar-refractivity contribution >= 4 is 29.4 Å². The van der Waals surface area contributed by atoms with Gasteiger partial charge in [0.05, 0.1) is 12.7 Å². The Morgan fingerprint density at radius 3 is 2.47 bits per heavy atom. The van der Waals surface area contributed by atoms with Crippen molar-refractivity contribution in [3.63, 3.8) is 0 Å². The van der Waals surface area contributed by atoms with Gasteiger partial charge in [-0.2, -0.15) is 18.3 Å². The van der Waals surface area contributed by atoms with E-state index in [4.69, 9.17) is 11.6 Å². The standard InChI is InChI=1S/C19H20ClF3N4O3/c20-15-3-1-13(2-4-15)11-27-16(5-8-24-27)25-17(28)14-6-9-26(10-7-14)18(29)30-12-19(21,22)23/h1-5,8,14H,6-7,9-12H2,(H,25,28). The fourth-order valence-electron chi connectivity index (χ4n) is 3.11. The summed E-state index contributed by atoms with van der Waals surface area (Å²) < 4.78 is 42.4. The van der Waals surface area contributed by atoms with E-state index in [9.17, 15) is 22.8 Å². The summed E-state index contributed by atoms with van der Waals surface area (Å²) in [5.74, 6) is -0.0614. The van der Waals surface area contributed by atoms with Crippen molar-refractivity contribution in [1.29, 1.82) is 0 Å². The fourth-order valence-corrected chi connectivity index (χ4v) is 3.24. The number of anilines is 1. The molecule has 1 aliphatic heterocycles. The zero-order chi connectivity index (χ0) is 21.7. The molecule has 162 valence electrons. The Morgan fingerprint density at radius 1 is 1.17 bits per heavy atom. The first kappa shape index (κ1) is 21.9. The lowest BCUT2D eigenvalue weighted by molar-refractivity contribution is -0.162. The highest BCUT2D eigenvalue weighted by Gasteiger charge is 2.33. The minimum absolute atomic E-state index is 0.152. The Labute approximate surface area is 175 Å². The molecule has 1 saturated heterocycles. The quantitative estimate of drug-likeness (QED) is 0.758. The van der Waals surface area contributed by atoms with Crippen molar-refractivity contribution in [1.82, 2.24) is 14.7 Å². The Bertz CT molecular complexity index is 878. The van der Waals surface area contributed by atoms with Crippen molar-refractivity contribution in [2.24, 2.45) is 5.92 Å². The maximum atomic E-state index is 12.6. The third kappa shape index (κ3) is 6.12. The summed E-state index contributed by atoms with van der Waals surface area (Å²) in [6.07, 6.45) is -3.35. The number of carbonyl (C=O) groups excluding carboxylic acids is 2. The third-order valence-electron chi connectivity index (χ3n) is 4.70. The van der Waals surface area contributed by atoms with Crippen LogP contribution < -0.4 is 5.32 Å². The maximum Gasteiger partial charge on any atom is 0.422 e. The molecule has 1 aromatic carbocycles. The van der Waals surface area contributed by atoms with Gasteiger partial charge in [0, 0.05) is 30.1 Å². The van der Waals surface area contributed by atoms with Gasteiger partial charge in [-0.1, -0.05) is 23.7 Å². The molecular formula is C19H20ClF3N4O3. The number of nitrogens with one attached hydrogen (secondary N) is 1. The summed E-state index contributed by atoms with van der Waals surface area (Å²) in [6, 6.07) is 8.95. The molecule has 0 bridgehead atoms. The van der Waals surface area contributed by atoms with E-state index in [-0.39, 0.29) is 24.9 Å². The molecule has 0 saturated carbocycles. The number of piperidine rings is 1. The summed E-state index contributed by atoms with van der Waals surface area (Å²) in [4.78, 5) is 25.5. The number of aromatic nitrogens is 2. The van der Waals surface area contributed by atoms with Gasteiger partial charge in [0.25, 0.3) is 0 Å². The van der Waals surface area contributed by atoms with Crippen LogP contribution in [0.25, 0.3) is 0 Å². The molecule has 0 unspecified atom stereocenters. The van der Waals surface area contributed by atoms with Gasteiger partial charge in [-0.05, 0) is 30.5 Å². The summed E-state index contributed by atoms with van der Waals surface area (Å²) in [5, 5.41) is 7.67. The Morgan fingerprint density at radius 2 is 1.83 bits per heavy atom. The number of nitrogens with zero attached hydrogens (tertiary/aromatic N) is 3. The second-order valence-electron chi connectivity index (χ2n) is 6.92. The van der Waals surface area contributed by atoms with E-state index < -0.39 is 18.9 Å². The van der Waals surface area contributed by atoms with E-state index >= 15 is 0 Å². The smallest absolute Gasteiger partial charge is 0.422 e. The molecule has 0 atom stereocenters. The first-order valence-corrected chi connectivity index (χ1v) is 9.64. The molecule has 0 radical (unpaired) electrons. The van der Waals surface area contributed by atoms with Crippen molar-refractivity contribution < 1.29 is 27.5 Å². The minimum atomic E-state index is -4.57. The van der Waals surface area contributed by atoms with E-state index in [0.717, 1.165) is 5.56 Å². The van der Waals surface area contributed by atoms with Crippen molar-refractivity contribution in [2.45, 2.75) is 25.6 Å². The van der Waals surface area contributed by atoms with E-state index in [1.54, 1.807) is 29.1 Å². The predicted molar refractivity (Wildman–Crippen MR) is 103 cm³/mol. The van der Waals surface area contributed by atoms with Crippen LogP contribution in [0.2, 0.25) is 5.02 Å². The SMILES string of the molecule is O=C(Nc1ccnn1Cc1ccc(Cl)cc1)C1CCN(C(=O)OCC(F)(F)F)CC1. The number of alkyl halides is 3. The summed E-state index contributed by atoms with van der Waals surface area (Å²) in [6.45, 7) is -0.870. The highest BCUT2D eigenvalue weighted by molar-refractivity contribution is 6.30. The number of carbonyl (C=O) groups is 2.